The minimum absolute atomic E-state index is 0.189. The molecule has 242 valence electrons. The number of phenolic OH excluding ortho intramolecular Hbond substituents is 1. The molecule has 0 atom stereocenters. The van der Waals surface area contributed by atoms with E-state index in [9.17, 15) is 14.7 Å². The van der Waals surface area contributed by atoms with Gasteiger partial charge in [-0.3, -0.25) is 4.98 Å². The number of hydrogen-bond acceptors (Lipinski definition) is 8. The minimum Gasteiger partial charge on any atom is -0.507 e. The summed E-state index contributed by atoms with van der Waals surface area (Å²) in [5, 5.41) is 15.8. The number of fused-ring (bicyclic) bond motifs is 1. The van der Waals surface area contributed by atoms with E-state index in [4.69, 9.17) is 9.47 Å². The Morgan fingerprint density at radius 2 is 1.51 bits per heavy atom. The number of para-hydroxylation sites is 1. The molecule has 0 bridgehead atoms. The van der Waals surface area contributed by atoms with Gasteiger partial charge in [-0.25, -0.2) is 9.59 Å². The first kappa shape index (κ1) is 33.8. The average molecular weight is 616 g/mol. The van der Waals surface area contributed by atoms with Gasteiger partial charge in [0.05, 0.1) is 5.52 Å². The zero-order chi connectivity index (χ0) is 33.2. The van der Waals surface area contributed by atoms with Crippen molar-refractivity contribution in [2.24, 2.45) is 0 Å². The van der Waals surface area contributed by atoms with Crippen LogP contribution in [0.1, 0.15) is 105 Å². The van der Waals surface area contributed by atoms with E-state index in [1.807, 2.05) is 88.9 Å². The SMILES string of the molecule is CCCCCCN(Cc1ccnc2ccccc12)C(Nc1cc(C(C)(C)C)c(O)c(C(C)(C)C)c1)=C1C(=O)OC(C)(C)OC1=O. The molecule has 1 aliphatic rings. The van der Waals surface area contributed by atoms with Crippen LogP contribution in [0.15, 0.2) is 60.1 Å². The summed E-state index contributed by atoms with van der Waals surface area (Å²) in [4.78, 5) is 33.8. The Bertz CT molecular complexity index is 1530. The number of anilines is 1. The minimum atomic E-state index is -1.38. The monoisotopic (exact) mass is 615 g/mol. The Labute approximate surface area is 267 Å². The Balaban J connectivity index is 1.93. The molecule has 1 aliphatic heterocycles. The topological polar surface area (TPSA) is 101 Å². The summed E-state index contributed by atoms with van der Waals surface area (Å²) in [6.45, 7) is 18.5. The summed E-state index contributed by atoms with van der Waals surface area (Å²) in [6.07, 6.45) is 5.78. The second-order valence-electron chi connectivity index (χ2n) is 14.4. The van der Waals surface area contributed by atoms with Gasteiger partial charge < -0.3 is 24.8 Å². The van der Waals surface area contributed by atoms with Gasteiger partial charge in [0.1, 0.15) is 11.6 Å². The smallest absolute Gasteiger partial charge is 0.352 e. The van der Waals surface area contributed by atoms with Crippen molar-refractivity contribution >= 4 is 28.5 Å². The molecule has 2 N–H and O–H groups in total. The number of ether oxygens (including phenoxy) is 2. The number of aromatic nitrogens is 1. The predicted octanol–water partition coefficient (Wildman–Crippen LogP) is 8.08. The number of aromatic hydroxyl groups is 1. The molecule has 4 rings (SSSR count). The van der Waals surface area contributed by atoms with Crippen LogP contribution in [0, 0.1) is 0 Å². The Kier molecular flexibility index (Phi) is 9.85. The number of nitrogens with one attached hydrogen (secondary N) is 1. The third-order valence-electron chi connectivity index (χ3n) is 8.01. The number of hydrogen-bond donors (Lipinski definition) is 2. The number of benzene rings is 2. The highest BCUT2D eigenvalue weighted by Crippen LogP contribution is 2.42. The summed E-state index contributed by atoms with van der Waals surface area (Å²) < 4.78 is 11.2. The molecule has 0 unspecified atom stereocenters. The van der Waals surface area contributed by atoms with E-state index in [-0.39, 0.29) is 22.2 Å². The number of rotatable bonds is 10. The number of carbonyl (C=O) groups excluding carboxylic acids is 2. The number of unbranched alkanes of at least 4 members (excludes halogenated alkanes) is 3. The maximum Gasteiger partial charge on any atom is 0.352 e. The van der Waals surface area contributed by atoms with Crippen LogP contribution in [0.25, 0.3) is 10.9 Å². The number of nitrogens with zero attached hydrogens (tertiary/aromatic N) is 2. The van der Waals surface area contributed by atoms with Gasteiger partial charge in [-0.2, -0.15) is 0 Å². The zero-order valence-corrected chi connectivity index (χ0v) is 28.3. The number of carbonyl (C=O) groups is 2. The van der Waals surface area contributed by atoms with Crippen molar-refractivity contribution in [3.05, 3.63) is 76.7 Å². The molecular formula is C37H49N3O5. The fraction of sp³-hybridized carbons (Fsp3) is 0.486. The van der Waals surface area contributed by atoms with Crippen LogP contribution < -0.4 is 5.32 Å². The lowest BCUT2D eigenvalue weighted by molar-refractivity contribution is -0.222. The summed E-state index contributed by atoms with van der Waals surface area (Å²) in [6, 6.07) is 13.7. The van der Waals surface area contributed by atoms with Gasteiger partial charge in [0.15, 0.2) is 5.57 Å². The van der Waals surface area contributed by atoms with E-state index in [1.165, 1.54) is 0 Å². The van der Waals surface area contributed by atoms with E-state index in [0.29, 0.717) is 24.6 Å². The third-order valence-corrected chi connectivity index (χ3v) is 8.01. The first-order chi connectivity index (χ1) is 21.0. The molecule has 1 fully saturated rings. The maximum atomic E-state index is 13.6. The molecular weight excluding hydrogens is 566 g/mol. The summed E-state index contributed by atoms with van der Waals surface area (Å²) >= 11 is 0. The van der Waals surface area contributed by atoms with Crippen molar-refractivity contribution in [1.29, 1.82) is 0 Å². The van der Waals surface area contributed by atoms with E-state index in [1.54, 1.807) is 20.0 Å². The maximum absolute atomic E-state index is 13.6. The predicted molar refractivity (Wildman–Crippen MR) is 179 cm³/mol. The van der Waals surface area contributed by atoms with E-state index >= 15 is 0 Å². The molecule has 0 spiro atoms. The second kappa shape index (κ2) is 13.1. The first-order valence-electron chi connectivity index (χ1n) is 16.0. The van der Waals surface area contributed by atoms with Crippen molar-refractivity contribution in [2.45, 2.75) is 111 Å². The van der Waals surface area contributed by atoms with Crippen LogP contribution in [0.5, 0.6) is 5.75 Å². The van der Waals surface area contributed by atoms with Crippen LogP contribution in [0.2, 0.25) is 0 Å². The molecule has 3 aromatic rings. The van der Waals surface area contributed by atoms with Crippen molar-refractivity contribution in [3.63, 3.8) is 0 Å². The van der Waals surface area contributed by atoms with Crippen LogP contribution in [-0.2, 0) is 36.4 Å². The molecule has 8 nitrogen and oxygen atoms in total. The largest absolute Gasteiger partial charge is 0.507 e. The third kappa shape index (κ3) is 7.96. The van der Waals surface area contributed by atoms with Gasteiger partial charge in [-0.05, 0) is 47.1 Å². The van der Waals surface area contributed by atoms with Crippen molar-refractivity contribution in [2.75, 3.05) is 11.9 Å². The molecule has 0 aliphatic carbocycles. The molecule has 2 aromatic carbocycles. The van der Waals surface area contributed by atoms with Crippen LogP contribution in [0.4, 0.5) is 5.69 Å². The molecule has 2 heterocycles. The summed E-state index contributed by atoms with van der Waals surface area (Å²) in [5.74, 6) is -2.32. The van der Waals surface area contributed by atoms with Crippen LogP contribution in [0.3, 0.4) is 0 Å². The Hall–Kier alpha value is -4.07. The molecule has 0 saturated carbocycles. The van der Waals surface area contributed by atoms with Gasteiger partial charge in [-0.1, -0.05) is 85.9 Å². The zero-order valence-electron chi connectivity index (χ0n) is 28.3. The molecule has 1 saturated heterocycles. The molecule has 8 heteroatoms. The highest BCUT2D eigenvalue weighted by molar-refractivity contribution is 6.16. The summed E-state index contributed by atoms with van der Waals surface area (Å²) in [5.41, 5.74) is 3.09. The van der Waals surface area contributed by atoms with Crippen LogP contribution in [-0.4, -0.2) is 39.3 Å². The lowest BCUT2D eigenvalue weighted by atomic mass is 9.79. The van der Waals surface area contributed by atoms with Crippen molar-refractivity contribution in [1.82, 2.24) is 9.88 Å². The van der Waals surface area contributed by atoms with Crippen LogP contribution >= 0.6 is 0 Å². The molecule has 0 amide bonds. The fourth-order valence-electron chi connectivity index (χ4n) is 5.63. The molecule has 0 radical (unpaired) electrons. The average Bonchev–Trinajstić information content (AvgIpc) is 2.92. The highest BCUT2D eigenvalue weighted by Gasteiger charge is 2.42. The summed E-state index contributed by atoms with van der Waals surface area (Å²) in [7, 11) is 0. The first-order valence-corrected chi connectivity index (χ1v) is 16.0. The molecule has 1 aromatic heterocycles. The van der Waals surface area contributed by atoms with Crippen molar-refractivity contribution < 1.29 is 24.2 Å². The van der Waals surface area contributed by atoms with Gasteiger partial charge >= 0.3 is 11.9 Å². The quantitative estimate of drug-likeness (QED) is 0.0776. The van der Waals surface area contributed by atoms with E-state index in [0.717, 1.165) is 53.3 Å². The van der Waals surface area contributed by atoms with Gasteiger partial charge in [0, 0.05) is 55.3 Å². The number of phenols is 1. The van der Waals surface area contributed by atoms with Gasteiger partial charge in [0.2, 0.25) is 0 Å². The molecule has 45 heavy (non-hydrogen) atoms. The lowest BCUT2D eigenvalue weighted by Crippen LogP contribution is -2.44. The van der Waals surface area contributed by atoms with Gasteiger partial charge in [-0.15, -0.1) is 0 Å². The van der Waals surface area contributed by atoms with Crippen molar-refractivity contribution in [3.8, 4) is 5.75 Å². The highest BCUT2D eigenvalue weighted by atomic mass is 16.7. The normalized spacial score (nSPS) is 15.1. The van der Waals surface area contributed by atoms with E-state index in [2.05, 4.69) is 17.2 Å². The van der Waals surface area contributed by atoms with E-state index < -0.39 is 17.7 Å². The number of cyclic esters (lactones) is 2. The lowest BCUT2D eigenvalue weighted by Gasteiger charge is -2.35. The standard InChI is InChI=1S/C37H49N3O5/c1-10-11-12-15-20-40(23-24-18-19-38-29-17-14-13-16-26(24)29)32(30-33(42)44-37(8,9)45-34(30)43)39-25-21-27(35(2,3)4)31(41)28(22-25)36(5,6)7/h13-14,16-19,21-22,39,41H,10-12,15,20,23H2,1-9H3. The number of pyridine rings is 1. The fourth-order valence-corrected chi connectivity index (χ4v) is 5.63. The van der Waals surface area contributed by atoms with Gasteiger partial charge in [0.25, 0.3) is 5.79 Å². The second-order valence-corrected chi connectivity index (χ2v) is 14.4. The Morgan fingerprint density at radius 1 is 0.911 bits per heavy atom. The Morgan fingerprint density at radius 3 is 2.09 bits per heavy atom. The number of esters is 2.